The predicted octanol–water partition coefficient (Wildman–Crippen LogP) is 2.04. The average Bonchev–Trinajstić information content (AvgIpc) is 2.18. The molecule has 1 aromatic carbocycles. The number of aromatic hydroxyl groups is 1. The molecule has 0 aromatic heterocycles. The van der Waals surface area contributed by atoms with Crippen molar-refractivity contribution in [2.24, 2.45) is 0 Å². The summed E-state index contributed by atoms with van der Waals surface area (Å²) in [4.78, 5) is 0. The van der Waals surface area contributed by atoms with Crippen molar-refractivity contribution in [2.75, 3.05) is 7.11 Å². The molecular formula is C12H17NO2. The number of hydrogen-bond acceptors (Lipinski definition) is 3. The molecule has 0 radical (unpaired) electrons. The lowest BCUT2D eigenvalue weighted by Crippen LogP contribution is -2.34. The second kappa shape index (κ2) is 4.53. The third-order valence-electron chi connectivity index (χ3n) is 2.98. The Labute approximate surface area is 90.1 Å². The molecule has 15 heavy (non-hydrogen) atoms. The molecule has 82 valence electrons. The largest absolute Gasteiger partial charge is 0.507 e. The second-order valence-electron chi connectivity index (χ2n) is 4.00. The SMILES string of the molecule is COc1ccc(CNC2CCC2)c(O)c1. The fraction of sp³-hybridized carbons (Fsp3) is 0.500. The molecule has 0 saturated heterocycles. The van der Waals surface area contributed by atoms with Gasteiger partial charge >= 0.3 is 0 Å². The van der Waals surface area contributed by atoms with Crippen LogP contribution in [0.25, 0.3) is 0 Å². The number of nitrogens with one attached hydrogen (secondary N) is 1. The Morgan fingerprint density at radius 1 is 1.47 bits per heavy atom. The minimum atomic E-state index is 0.307. The molecule has 0 unspecified atom stereocenters. The highest BCUT2D eigenvalue weighted by atomic mass is 16.5. The Kier molecular flexibility index (Phi) is 3.11. The van der Waals surface area contributed by atoms with Gasteiger partial charge in [-0.1, -0.05) is 12.5 Å². The van der Waals surface area contributed by atoms with Crippen molar-refractivity contribution >= 4 is 0 Å². The van der Waals surface area contributed by atoms with Crippen LogP contribution in [-0.4, -0.2) is 18.3 Å². The molecule has 3 nitrogen and oxygen atoms in total. The van der Waals surface area contributed by atoms with E-state index in [1.165, 1.54) is 19.3 Å². The van der Waals surface area contributed by atoms with Crippen LogP contribution in [0.3, 0.4) is 0 Å². The topological polar surface area (TPSA) is 41.5 Å². The van der Waals surface area contributed by atoms with Crippen LogP contribution >= 0.6 is 0 Å². The number of phenolic OH excluding ortho intramolecular Hbond substituents is 1. The number of hydrogen-bond donors (Lipinski definition) is 2. The highest BCUT2D eigenvalue weighted by Gasteiger charge is 2.16. The number of phenols is 1. The zero-order valence-corrected chi connectivity index (χ0v) is 8.99. The van der Waals surface area contributed by atoms with Gasteiger partial charge < -0.3 is 15.2 Å². The van der Waals surface area contributed by atoms with Crippen LogP contribution in [0.4, 0.5) is 0 Å². The Hall–Kier alpha value is -1.22. The van der Waals surface area contributed by atoms with Crippen molar-refractivity contribution in [1.29, 1.82) is 0 Å². The van der Waals surface area contributed by atoms with Crippen LogP contribution < -0.4 is 10.1 Å². The van der Waals surface area contributed by atoms with Gasteiger partial charge in [-0.2, -0.15) is 0 Å². The maximum Gasteiger partial charge on any atom is 0.123 e. The summed E-state index contributed by atoms with van der Waals surface area (Å²) in [5.41, 5.74) is 0.933. The minimum Gasteiger partial charge on any atom is -0.507 e. The summed E-state index contributed by atoms with van der Waals surface area (Å²) in [6.45, 7) is 0.737. The first-order valence-electron chi connectivity index (χ1n) is 5.39. The van der Waals surface area contributed by atoms with E-state index in [4.69, 9.17) is 4.74 Å². The van der Waals surface area contributed by atoms with Crippen LogP contribution in [0.2, 0.25) is 0 Å². The molecule has 1 saturated carbocycles. The molecule has 2 N–H and O–H groups in total. The third-order valence-corrected chi connectivity index (χ3v) is 2.98. The molecule has 1 fully saturated rings. The van der Waals surface area contributed by atoms with E-state index in [1.807, 2.05) is 12.1 Å². The molecule has 1 aromatic rings. The lowest BCUT2D eigenvalue weighted by molar-refractivity contribution is 0.335. The summed E-state index contributed by atoms with van der Waals surface area (Å²) in [6, 6.07) is 6.07. The smallest absolute Gasteiger partial charge is 0.123 e. The van der Waals surface area contributed by atoms with E-state index in [0.29, 0.717) is 17.5 Å². The van der Waals surface area contributed by atoms with Crippen molar-refractivity contribution < 1.29 is 9.84 Å². The normalized spacial score (nSPS) is 16.1. The maximum absolute atomic E-state index is 9.71. The Morgan fingerprint density at radius 3 is 2.80 bits per heavy atom. The van der Waals surface area contributed by atoms with E-state index < -0.39 is 0 Å². The van der Waals surface area contributed by atoms with Crippen LogP contribution in [0.1, 0.15) is 24.8 Å². The Balaban J connectivity index is 1.95. The number of rotatable bonds is 4. The molecule has 0 bridgehead atoms. The van der Waals surface area contributed by atoms with Crippen molar-refractivity contribution in [3.05, 3.63) is 23.8 Å². The van der Waals surface area contributed by atoms with Crippen LogP contribution in [0.15, 0.2) is 18.2 Å². The third kappa shape index (κ3) is 2.42. The fourth-order valence-corrected chi connectivity index (χ4v) is 1.69. The van der Waals surface area contributed by atoms with Crippen molar-refractivity contribution in [3.8, 4) is 11.5 Å². The maximum atomic E-state index is 9.71. The zero-order chi connectivity index (χ0) is 10.7. The monoisotopic (exact) mass is 207 g/mol. The highest BCUT2D eigenvalue weighted by molar-refractivity contribution is 5.39. The van der Waals surface area contributed by atoms with Gasteiger partial charge in [0.1, 0.15) is 11.5 Å². The highest BCUT2D eigenvalue weighted by Crippen LogP contribution is 2.24. The van der Waals surface area contributed by atoms with Gasteiger partial charge in [-0.25, -0.2) is 0 Å². The van der Waals surface area contributed by atoms with E-state index in [-0.39, 0.29) is 0 Å². The molecule has 0 spiro atoms. The van der Waals surface area contributed by atoms with Gasteiger partial charge in [-0.05, 0) is 18.9 Å². The summed E-state index contributed by atoms with van der Waals surface area (Å²) in [6.07, 6.45) is 3.85. The predicted molar refractivity (Wildman–Crippen MR) is 59.1 cm³/mol. The summed E-state index contributed by atoms with van der Waals surface area (Å²) < 4.78 is 5.03. The number of methoxy groups -OCH3 is 1. The zero-order valence-electron chi connectivity index (χ0n) is 8.99. The van der Waals surface area contributed by atoms with Gasteiger partial charge in [0.25, 0.3) is 0 Å². The number of ether oxygens (including phenoxy) is 1. The van der Waals surface area contributed by atoms with Gasteiger partial charge in [0.2, 0.25) is 0 Å². The Bertz CT molecular complexity index is 334. The molecule has 2 rings (SSSR count). The van der Waals surface area contributed by atoms with E-state index in [0.717, 1.165) is 12.1 Å². The molecule has 0 amide bonds. The lowest BCUT2D eigenvalue weighted by atomic mass is 9.93. The fourth-order valence-electron chi connectivity index (χ4n) is 1.69. The lowest BCUT2D eigenvalue weighted by Gasteiger charge is -2.26. The molecule has 0 atom stereocenters. The van der Waals surface area contributed by atoms with Crippen LogP contribution in [0.5, 0.6) is 11.5 Å². The minimum absolute atomic E-state index is 0.307. The van der Waals surface area contributed by atoms with Gasteiger partial charge in [0.15, 0.2) is 0 Å². The standard InChI is InChI=1S/C12H17NO2/c1-15-11-6-5-9(12(14)7-11)8-13-10-3-2-4-10/h5-7,10,13-14H,2-4,8H2,1H3. The average molecular weight is 207 g/mol. The molecule has 0 aliphatic heterocycles. The van der Waals surface area contributed by atoms with Gasteiger partial charge in [-0.15, -0.1) is 0 Å². The molecule has 3 heteroatoms. The van der Waals surface area contributed by atoms with Crippen LogP contribution in [0, 0.1) is 0 Å². The second-order valence-corrected chi connectivity index (χ2v) is 4.00. The summed E-state index contributed by atoms with van der Waals surface area (Å²) >= 11 is 0. The van der Waals surface area contributed by atoms with Gasteiger partial charge in [0, 0.05) is 24.2 Å². The van der Waals surface area contributed by atoms with Crippen LogP contribution in [-0.2, 0) is 6.54 Å². The van der Waals surface area contributed by atoms with Crippen molar-refractivity contribution in [3.63, 3.8) is 0 Å². The molecule has 1 aliphatic rings. The first kappa shape index (κ1) is 10.3. The van der Waals surface area contributed by atoms with Crippen molar-refractivity contribution in [1.82, 2.24) is 5.32 Å². The van der Waals surface area contributed by atoms with Crippen molar-refractivity contribution in [2.45, 2.75) is 31.8 Å². The van der Waals surface area contributed by atoms with Gasteiger partial charge in [-0.3, -0.25) is 0 Å². The Morgan fingerprint density at radius 2 is 2.27 bits per heavy atom. The number of benzene rings is 1. The van der Waals surface area contributed by atoms with E-state index in [1.54, 1.807) is 13.2 Å². The van der Waals surface area contributed by atoms with Gasteiger partial charge in [0.05, 0.1) is 7.11 Å². The molecule has 0 heterocycles. The quantitative estimate of drug-likeness (QED) is 0.794. The van der Waals surface area contributed by atoms with E-state index in [9.17, 15) is 5.11 Å². The first-order chi connectivity index (χ1) is 7.29. The van der Waals surface area contributed by atoms with E-state index >= 15 is 0 Å². The molecule has 1 aliphatic carbocycles. The summed E-state index contributed by atoms with van der Waals surface area (Å²) in [5, 5.41) is 13.1. The summed E-state index contributed by atoms with van der Waals surface area (Å²) in [5.74, 6) is 1.00. The van der Waals surface area contributed by atoms with E-state index in [2.05, 4.69) is 5.32 Å². The first-order valence-corrected chi connectivity index (χ1v) is 5.39. The molecular weight excluding hydrogens is 190 g/mol. The summed E-state index contributed by atoms with van der Waals surface area (Å²) in [7, 11) is 1.60.